The fraction of sp³-hybridized carbons (Fsp3) is 0.481. The van der Waals surface area contributed by atoms with Gasteiger partial charge in [-0.05, 0) is 30.4 Å². The molecule has 2 aromatic rings. The van der Waals surface area contributed by atoms with Gasteiger partial charge in [-0.3, -0.25) is 24.0 Å². The van der Waals surface area contributed by atoms with Gasteiger partial charge >= 0.3 is 11.9 Å². The highest BCUT2D eigenvalue weighted by molar-refractivity contribution is 5.95. The van der Waals surface area contributed by atoms with Crippen LogP contribution in [0.3, 0.4) is 0 Å². The first-order chi connectivity index (χ1) is 19.3. The topological polar surface area (TPSA) is 247 Å². The monoisotopic (exact) mass is 574 g/mol. The molecule has 41 heavy (non-hydrogen) atoms. The van der Waals surface area contributed by atoms with Crippen LogP contribution in [0.5, 0.6) is 0 Å². The van der Waals surface area contributed by atoms with Crippen molar-refractivity contribution in [3.8, 4) is 0 Å². The number of hydrogen-bond acceptors (Lipinski definition) is 7. The zero-order valence-electron chi connectivity index (χ0n) is 23.0. The molecule has 1 aromatic heterocycles. The molecular formula is C27H38N6O8. The quantitative estimate of drug-likeness (QED) is 0.124. The molecule has 10 N–H and O–H groups in total. The maximum absolute atomic E-state index is 13.5. The van der Waals surface area contributed by atoms with Crippen molar-refractivity contribution >= 4 is 46.5 Å². The van der Waals surface area contributed by atoms with Crippen molar-refractivity contribution in [3.05, 3.63) is 36.0 Å². The van der Waals surface area contributed by atoms with Crippen LogP contribution in [0.1, 0.15) is 51.5 Å². The number of benzene rings is 1. The molecule has 2 rings (SSSR count). The van der Waals surface area contributed by atoms with E-state index in [0.29, 0.717) is 12.0 Å². The van der Waals surface area contributed by atoms with Gasteiger partial charge in [-0.25, -0.2) is 4.79 Å². The van der Waals surface area contributed by atoms with E-state index >= 15 is 0 Å². The Morgan fingerprint density at radius 1 is 0.878 bits per heavy atom. The standard InChI is InChI=1S/C27H38N6O8/c1-3-14(2)23(29)26(39)33-20(12-15-13-30-17-7-5-4-6-16(15)17)25(38)31-18(9-11-22(35)36)24(37)32-19(27(40)41)8-10-21(28)34/h4-7,13-14,18-20,23,30H,3,8-12,29H2,1-2H3,(H2,28,34)(H,31,38)(H,32,37)(H,33,39)(H,35,36)(H,40,41). The van der Waals surface area contributed by atoms with Gasteiger partial charge in [-0.2, -0.15) is 0 Å². The maximum atomic E-state index is 13.5. The van der Waals surface area contributed by atoms with E-state index < -0.39 is 66.2 Å². The van der Waals surface area contributed by atoms with E-state index in [4.69, 9.17) is 16.6 Å². The van der Waals surface area contributed by atoms with Crippen molar-refractivity contribution < 1.29 is 39.0 Å². The summed E-state index contributed by atoms with van der Waals surface area (Å²) < 4.78 is 0. The third-order valence-electron chi connectivity index (χ3n) is 6.87. The Kier molecular flexibility index (Phi) is 12.3. The molecule has 0 bridgehead atoms. The van der Waals surface area contributed by atoms with Crippen molar-refractivity contribution in [1.29, 1.82) is 0 Å². The molecular weight excluding hydrogens is 536 g/mol. The van der Waals surface area contributed by atoms with E-state index in [1.54, 1.807) is 13.1 Å². The summed E-state index contributed by atoms with van der Waals surface area (Å²) >= 11 is 0. The van der Waals surface area contributed by atoms with Crippen LogP contribution in [0.2, 0.25) is 0 Å². The van der Waals surface area contributed by atoms with E-state index in [1.807, 2.05) is 31.2 Å². The average Bonchev–Trinajstić information content (AvgIpc) is 3.33. The molecule has 1 heterocycles. The highest BCUT2D eigenvalue weighted by atomic mass is 16.4. The lowest BCUT2D eigenvalue weighted by molar-refractivity contribution is -0.143. The summed E-state index contributed by atoms with van der Waals surface area (Å²) in [4.78, 5) is 76.5. The number of nitrogens with two attached hydrogens (primary N) is 2. The summed E-state index contributed by atoms with van der Waals surface area (Å²) in [6, 6.07) is 2.25. The highest BCUT2D eigenvalue weighted by Crippen LogP contribution is 2.19. The van der Waals surface area contributed by atoms with Crippen molar-refractivity contribution in [2.45, 2.75) is 76.5 Å². The number of amides is 4. The first-order valence-electron chi connectivity index (χ1n) is 13.3. The molecule has 0 saturated carbocycles. The predicted molar refractivity (Wildman–Crippen MR) is 148 cm³/mol. The summed E-state index contributed by atoms with van der Waals surface area (Å²) in [6.07, 6.45) is 0.813. The Hall–Kier alpha value is -4.46. The number of carbonyl (C=O) groups is 6. The van der Waals surface area contributed by atoms with Crippen LogP contribution in [0, 0.1) is 5.92 Å². The van der Waals surface area contributed by atoms with Gasteiger partial charge in [0.2, 0.25) is 23.6 Å². The van der Waals surface area contributed by atoms with Gasteiger partial charge in [-0.15, -0.1) is 0 Å². The van der Waals surface area contributed by atoms with E-state index in [2.05, 4.69) is 20.9 Å². The molecule has 0 fully saturated rings. The minimum atomic E-state index is -1.51. The number of primary amides is 1. The number of carboxylic acid groups (broad SMARTS) is 2. The number of rotatable bonds is 17. The fourth-order valence-corrected chi connectivity index (χ4v) is 4.14. The van der Waals surface area contributed by atoms with Crippen molar-refractivity contribution in [2.24, 2.45) is 17.4 Å². The second-order valence-corrected chi connectivity index (χ2v) is 9.93. The zero-order chi connectivity index (χ0) is 30.7. The third-order valence-corrected chi connectivity index (χ3v) is 6.87. The van der Waals surface area contributed by atoms with Crippen LogP contribution < -0.4 is 27.4 Å². The first-order valence-corrected chi connectivity index (χ1v) is 13.3. The highest BCUT2D eigenvalue weighted by Gasteiger charge is 2.32. The Labute approximate surface area is 236 Å². The van der Waals surface area contributed by atoms with Crippen molar-refractivity contribution in [3.63, 3.8) is 0 Å². The molecule has 0 aliphatic heterocycles. The number of aliphatic carboxylic acids is 2. The molecule has 1 aromatic carbocycles. The average molecular weight is 575 g/mol. The van der Waals surface area contributed by atoms with Gasteiger partial charge < -0.3 is 42.6 Å². The number of para-hydroxylation sites is 1. The lowest BCUT2D eigenvalue weighted by Gasteiger charge is -2.26. The molecule has 224 valence electrons. The molecule has 5 atom stereocenters. The van der Waals surface area contributed by atoms with Crippen LogP contribution in [-0.4, -0.2) is 74.9 Å². The molecule has 14 heteroatoms. The molecule has 4 amide bonds. The molecule has 0 spiro atoms. The number of hydrogen-bond donors (Lipinski definition) is 8. The number of carbonyl (C=O) groups excluding carboxylic acids is 4. The third kappa shape index (κ3) is 9.90. The molecule has 0 aliphatic carbocycles. The van der Waals surface area contributed by atoms with E-state index in [0.717, 1.165) is 10.9 Å². The lowest BCUT2D eigenvalue weighted by atomic mass is 9.98. The zero-order valence-corrected chi connectivity index (χ0v) is 23.0. The second kappa shape index (κ2) is 15.4. The molecule has 14 nitrogen and oxygen atoms in total. The van der Waals surface area contributed by atoms with E-state index in [9.17, 15) is 33.9 Å². The minimum Gasteiger partial charge on any atom is -0.481 e. The Morgan fingerprint density at radius 2 is 1.46 bits per heavy atom. The number of aromatic nitrogens is 1. The summed E-state index contributed by atoms with van der Waals surface area (Å²) in [5, 5.41) is 26.8. The Balaban J connectivity index is 2.32. The predicted octanol–water partition coefficient (Wildman–Crippen LogP) is -0.247. The minimum absolute atomic E-state index is 0.0123. The Morgan fingerprint density at radius 3 is 2.07 bits per heavy atom. The number of nitrogens with one attached hydrogen (secondary N) is 4. The molecule has 0 saturated heterocycles. The number of fused-ring (bicyclic) bond motifs is 1. The van der Waals surface area contributed by atoms with Gasteiger partial charge in [0.25, 0.3) is 0 Å². The smallest absolute Gasteiger partial charge is 0.326 e. The van der Waals surface area contributed by atoms with Crippen LogP contribution in [0.25, 0.3) is 10.9 Å². The number of carboxylic acids is 2. The lowest BCUT2D eigenvalue weighted by Crippen LogP contribution is -2.58. The van der Waals surface area contributed by atoms with Crippen molar-refractivity contribution in [2.75, 3.05) is 0 Å². The van der Waals surface area contributed by atoms with E-state index in [1.165, 1.54) is 0 Å². The maximum Gasteiger partial charge on any atom is 0.326 e. The van der Waals surface area contributed by atoms with Gasteiger partial charge in [-0.1, -0.05) is 38.5 Å². The van der Waals surface area contributed by atoms with Gasteiger partial charge in [0.1, 0.15) is 18.1 Å². The van der Waals surface area contributed by atoms with Gasteiger partial charge in [0.05, 0.1) is 6.04 Å². The SMILES string of the molecule is CCC(C)C(N)C(=O)NC(Cc1c[nH]c2ccccc12)C(=O)NC(CCC(=O)O)C(=O)NC(CCC(N)=O)C(=O)O. The van der Waals surface area contributed by atoms with Crippen LogP contribution in [0.15, 0.2) is 30.5 Å². The number of H-pyrrole nitrogens is 1. The Bertz CT molecular complexity index is 1260. The largest absolute Gasteiger partial charge is 0.481 e. The number of aromatic amines is 1. The van der Waals surface area contributed by atoms with Crippen LogP contribution >= 0.6 is 0 Å². The molecule has 0 aliphatic rings. The summed E-state index contributed by atoms with van der Waals surface area (Å²) in [7, 11) is 0. The van der Waals surface area contributed by atoms with E-state index in [-0.39, 0.29) is 31.6 Å². The summed E-state index contributed by atoms with van der Waals surface area (Å²) in [5.74, 6) is -5.99. The summed E-state index contributed by atoms with van der Waals surface area (Å²) in [5.41, 5.74) is 12.7. The summed E-state index contributed by atoms with van der Waals surface area (Å²) in [6.45, 7) is 3.66. The molecule has 5 unspecified atom stereocenters. The molecule has 0 radical (unpaired) electrons. The van der Waals surface area contributed by atoms with Gasteiger partial charge in [0, 0.05) is 36.4 Å². The second-order valence-electron chi connectivity index (χ2n) is 9.93. The normalized spacial score (nSPS) is 14.7. The first kappa shape index (κ1) is 32.8. The van der Waals surface area contributed by atoms with Crippen molar-refractivity contribution in [1.82, 2.24) is 20.9 Å². The fourth-order valence-electron chi connectivity index (χ4n) is 4.14. The van der Waals surface area contributed by atoms with Crippen LogP contribution in [-0.2, 0) is 35.2 Å². The van der Waals surface area contributed by atoms with Crippen LogP contribution in [0.4, 0.5) is 0 Å². The van der Waals surface area contributed by atoms with Gasteiger partial charge in [0.15, 0.2) is 0 Å².